The number of hydrogen-bond acceptors (Lipinski definition) is 3. The van der Waals surface area contributed by atoms with Gasteiger partial charge in [0.15, 0.2) is 5.82 Å². The Kier molecular flexibility index (Phi) is 9.76. The van der Waals surface area contributed by atoms with E-state index in [0.717, 1.165) is 74.7 Å². The van der Waals surface area contributed by atoms with E-state index in [9.17, 15) is 0 Å². The van der Waals surface area contributed by atoms with Gasteiger partial charge in [-0.3, -0.25) is 0 Å². The molecule has 1 aliphatic carbocycles. The van der Waals surface area contributed by atoms with Gasteiger partial charge in [-0.05, 0) is 115 Å². The van der Waals surface area contributed by atoms with Crippen molar-refractivity contribution in [2.24, 2.45) is 0 Å². The van der Waals surface area contributed by atoms with Crippen LogP contribution in [0.3, 0.4) is 0 Å². The van der Waals surface area contributed by atoms with Crippen molar-refractivity contribution in [1.29, 1.82) is 0 Å². The highest BCUT2D eigenvalue weighted by Crippen LogP contribution is 2.63. The van der Waals surface area contributed by atoms with Gasteiger partial charge in [0.25, 0.3) is 0 Å². The minimum absolute atomic E-state index is 0.601. The van der Waals surface area contributed by atoms with Gasteiger partial charge in [-0.2, -0.15) is 0 Å². The van der Waals surface area contributed by atoms with E-state index in [2.05, 4.69) is 244 Å². The Morgan fingerprint density at radius 1 is 0.362 bits per heavy atom. The van der Waals surface area contributed by atoms with E-state index in [1.54, 1.807) is 0 Å². The van der Waals surface area contributed by atoms with Gasteiger partial charge in [0.1, 0.15) is 11.5 Å². The second-order valence-corrected chi connectivity index (χ2v) is 18.3. The summed E-state index contributed by atoms with van der Waals surface area (Å²) in [6, 6.07) is 85.5. The summed E-state index contributed by atoms with van der Waals surface area (Å²) in [6.45, 7) is 2.25. The zero-order valence-corrected chi connectivity index (χ0v) is 38.2. The zero-order chi connectivity index (χ0) is 45.9. The number of aromatic nitrogens is 2. The molecule has 2 aliphatic rings. The van der Waals surface area contributed by atoms with Crippen LogP contribution >= 0.6 is 0 Å². The molecule has 69 heavy (non-hydrogen) atoms. The standard InChI is InChI=1S/C66H46N2O/c1-2-15-43-30-37-63-59(38-43)66(57-27-10-11-29-62(57)69-63)56-26-9-8-24-54(56)64-55(25-14-28-58(64)66)61-42-60(53-23-13-22-51(41-53)50-21-12-20-49(39-50)44-16-4-3-5-17-44)67-65(68-61)47-34-31-46(32-35-47)52-36-33-45-18-6-7-19-48(45)40-52/h3-14,16-42H,2,15H2,1H3. The minimum Gasteiger partial charge on any atom is -0.457 e. The molecule has 1 unspecified atom stereocenters. The van der Waals surface area contributed by atoms with Crippen LogP contribution in [0, 0.1) is 0 Å². The number of rotatable bonds is 8. The highest BCUT2D eigenvalue weighted by Gasteiger charge is 2.51. The van der Waals surface area contributed by atoms with Crippen molar-refractivity contribution < 1.29 is 4.74 Å². The number of hydrogen-bond donors (Lipinski definition) is 0. The van der Waals surface area contributed by atoms with Crippen LogP contribution in [0.2, 0.25) is 0 Å². The summed E-state index contributed by atoms with van der Waals surface area (Å²) >= 11 is 0. The second-order valence-electron chi connectivity index (χ2n) is 18.3. The first kappa shape index (κ1) is 40.6. The molecule has 3 nitrogen and oxygen atoms in total. The van der Waals surface area contributed by atoms with E-state index >= 15 is 0 Å². The van der Waals surface area contributed by atoms with Crippen LogP contribution in [0.5, 0.6) is 11.5 Å². The van der Waals surface area contributed by atoms with E-state index in [1.807, 2.05) is 0 Å². The van der Waals surface area contributed by atoms with Gasteiger partial charge in [0, 0.05) is 27.8 Å². The fraction of sp³-hybridized carbons (Fsp3) is 0.0606. The van der Waals surface area contributed by atoms with E-state index < -0.39 is 5.41 Å². The van der Waals surface area contributed by atoms with Crippen molar-refractivity contribution in [3.8, 4) is 89.9 Å². The Bertz CT molecular complexity index is 3780. The lowest BCUT2D eigenvalue weighted by Gasteiger charge is -2.39. The molecule has 0 bridgehead atoms. The fourth-order valence-electron chi connectivity index (χ4n) is 11.1. The third-order valence-corrected chi connectivity index (χ3v) is 14.3. The summed E-state index contributed by atoms with van der Waals surface area (Å²) in [7, 11) is 0. The molecule has 0 N–H and O–H groups in total. The molecule has 13 rings (SSSR count). The van der Waals surface area contributed by atoms with Gasteiger partial charge in [0.05, 0.1) is 16.8 Å². The normalized spacial score (nSPS) is 14.2. The summed E-state index contributed by atoms with van der Waals surface area (Å²) in [4.78, 5) is 11.0. The van der Waals surface area contributed by atoms with Crippen molar-refractivity contribution in [1.82, 2.24) is 9.97 Å². The molecule has 3 heteroatoms. The quantitative estimate of drug-likeness (QED) is 0.152. The van der Waals surface area contributed by atoms with Crippen LogP contribution < -0.4 is 4.74 Å². The van der Waals surface area contributed by atoms with Crippen molar-refractivity contribution in [3.05, 3.63) is 264 Å². The van der Waals surface area contributed by atoms with Gasteiger partial charge < -0.3 is 4.74 Å². The average Bonchev–Trinajstić information content (AvgIpc) is 3.72. The number of fused-ring (bicyclic) bond motifs is 10. The third-order valence-electron chi connectivity index (χ3n) is 14.3. The smallest absolute Gasteiger partial charge is 0.160 e. The number of aryl methyl sites for hydroxylation is 1. The molecule has 1 atom stereocenters. The summed E-state index contributed by atoms with van der Waals surface area (Å²) < 4.78 is 6.78. The molecule has 0 fully saturated rings. The highest BCUT2D eigenvalue weighted by molar-refractivity contribution is 5.97. The topological polar surface area (TPSA) is 35.0 Å². The molecule has 326 valence electrons. The van der Waals surface area contributed by atoms with Crippen LogP contribution in [-0.4, -0.2) is 9.97 Å². The van der Waals surface area contributed by atoms with Crippen molar-refractivity contribution in [2.45, 2.75) is 25.2 Å². The lowest BCUT2D eigenvalue weighted by Crippen LogP contribution is -2.32. The molecule has 1 aromatic heterocycles. The number of benzene rings is 10. The average molecular weight is 883 g/mol. The summed E-state index contributed by atoms with van der Waals surface area (Å²) in [5.41, 5.74) is 19.7. The maximum atomic E-state index is 6.78. The Hall–Kier alpha value is -8.66. The molecule has 10 aromatic carbocycles. The zero-order valence-electron chi connectivity index (χ0n) is 38.2. The largest absolute Gasteiger partial charge is 0.457 e. The number of para-hydroxylation sites is 1. The van der Waals surface area contributed by atoms with Crippen molar-refractivity contribution in [3.63, 3.8) is 0 Å². The van der Waals surface area contributed by atoms with Crippen LogP contribution in [0.25, 0.3) is 89.2 Å². The molecule has 1 aliphatic heterocycles. The summed E-state index contributed by atoms with van der Waals surface area (Å²) in [6.07, 6.45) is 2.06. The maximum Gasteiger partial charge on any atom is 0.160 e. The first-order chi connectivity index (χ1) is 34.1. The molecule has 0 radical (unpaired) electrons. The number of nitrogens with zero attached hydrogens (tertiary/aromatic N) is 2. The molecule has 11 aromatic rings. The first-order valence-electron chi connectivity index (χ1n) is 24.0. The molecule has 1 spiro atoms. The van der Waals surface area contributed by atoms with Gasteiger partial charge in [-0.15, -0.1) is 0 Å². The Balaban J connectivity index is 1.01. The Labute approximate surface area is 403 Å². The van der Waals surface area contributed by atoms with Gasteiger partial charge >= 0.3 is 0 Å². The van der Waals surface area contributed by atoms with Crippen molar-refractivity contribution in [2.75, 3.05) is 0 Å². The van der Waals surface area contributed by atoms with Gasteiger partial charge in [0.2, 0.25) is 0 Å². The van der Waals surface area contributed by atoms with Crippen molar-refractivity contribution >= 4 is 10.8 Å². The number of ether oxygens (including phenoxy) is 1. The molecular formula is C66H46N2O. The molecular weight excluding hydrogens is 837 g/mol. The van der Waals surface area contributed by atoms with E-state index in [4.69, 9.17) is 14.7 Å². The van der Waals surface area contributed by atoms with E-state index in [1.165, 1.54) is 60.8 Å². The van der Waals surface area contributed by atoms with Gasteiger partial charge in [-0.25, -0.2) is 9.97 Å². The monoisotopic (exact) mass is 882 g/mol. The lowest BCUT2D eigenvalue weighted by molar-refractivity contribution is 0.436. The lowest BCUT2D eigenvalue weighted by atomic mass is 9.65. The second kappa shape index (κ2) is 16.6. The minimum atomic E-state index is -0.601. The van der Waals surface area contributed by atoms with Gasteiger partial charge in [-0.1, -0.05) is 214 Å². The first-order valence-corrected chi connectivity index (χ1v) is 24.0. The third kappa shape index (κ3) is 6.80. The SMILES string of the molecule is CCCc1ccc2c(c1)C1(c3ccccc3O2)c2ccccc2-c2c(-c3cc(-c4cccc(-c5cccc(-c6ccccc6)c5)c4)nc(-c4ccc(-c5ccc6ccccc6c5)cc4)n3)cccc21. The highest BCUT2D eigenvalue weighted by atomic mass is 16.5. The maximum absolute atomic E-state index is 6.78. The molecule has 2 heterocycles. The van der Waals surface area contributed by atoms with Crippen LogP contribution in [0.1, 0.15) is 41.2 Å². The van der Waals surface area contributed by atoms with E-state index in [0.29, 0.717) is 5.82 Å². The van der Waals surface area contributed by atoms with E-state index in [-0.39, 0.29) is 0 Å². The molecule has 0 saturated heterocycles. The van der Waals surface area contributed by atoms with Crippen LogP contribution in [0.15, 0.2) is 237 Å². The molecule has 0 saturated carbocycles. The predicted octanol–water partition coefficient (Wildman–Crippen LogP) is 17.1. The molecule has 0 amide bonds. The Morgan fingerprint density at radius 3 is 1.75 bits per heavy atom. The summed E-state index contributed by atoms with van der Waals surface area (Å²) in [5, 5.41) is 2.46. The fourth-order valence-corrected chi connectivity index (χ4v) is 11.1. The predicted molar refractivity (Wildman–Crippen MR) is 284 cm³/mol. The summed E-state index contributed by atoms with van der Waals surface area (Å²) in [5.74, 6) is 2.46. The Morgan fingerprint density at radius 2 is 0.928 bits per heavy atom. The van der Waals surface area contributed by atoms with Crippen LogP contribution in [0.4, 0.5) is 0 Å². The van der Waals surface area contributed by atoms with Crippen LogP contribution in [-0.2, 0) is 11.8 Å².